The van der Waals surface area contributed by atoms with Gasteiger partial charge in [-0.2, -0.15) is 0 Å². The number of anilines is 1. The first-order valence-electron chi connectivity index (χ1n) is 6.97. The van der Waals surface area contributed by atoms with Crippen LogP contribution >= 0.6 is 11.3 Å². The number of hydrogen-bond donors (Lipinski definition) is 2. The summed E-state index contributed by atoms with van der Waals surface area (Å²) in [5, 5.41) is 5.38. The largest absolute Gasteiger partial charge is 0.376 e. The lowest BCUT2D eigenvalue weighted by Crippen LogP contribution is -2.24. The lowest BCUT2D eigenvalue weighted by Gasteiger charge is -2.19. The molecule has 1 heterocycles. The Bertz CT molecular complexity index is 667. The third-order valence-corrected chi connectivity index (χ3v) is 5.73. The van der Waals surface area contributed by atoms with Gasteiger partial charge in [0.15, 0.2) is 0 Å². The summed E-state index contributed by atoms with van der Waals surface area (Å²) in [6.45, 7) is 4.23. The Hall–Kier alpha value is -1.37. The SMILES string of the molecule is CCNS(=O)(=O)c1ccccc1NC(CC)c1cccs1. The number of nitrogens with one attached hydrogen (secondary N) is 2. The van der Waals surface area contributed by atoms with E-state index in [0.717, 1.165) is 6.42 Å². The second kappa shape index (κ2) is 7.06. The van der Waals surface area contributed by atoms with E-state index in [1.807, 2.05) is 17.5 Å². The lowest BCUT2D eigenvalue weighted by molar-refractivity contribution is 0.584. The predicted molar refractivity (Wildman–Crippen MR) is 88.3 cm³/mol. The maximum Gasteiger partial charge on any atom is 0.242 e. The zero-order valence-corrected chi connectivity index (χ0v) is 13.8. The van der Waals surface area contributed by atoms with Crippen molar-refractivity contribution in [3.05, 3.63) is 46.7 Å². The van der Waals surface area contributed by atoms with Crippen molar-refractivity contribution in [3.8, 4) is 0 Å². The minimum atomic E-state index is -3.47. The summed E-state index contributed by atoms with van der Waals surface area (Å²) in [6.07, 6.45) is 0.885. The van der Waals surface area contributed by atoms with Gasteiger partial charge in [-0.05, 0) is 30.0 Å². The topological polar surface area (TPSA) is 58.2 Å². The molecule has 2 N–H and O–H groups in total. The van der Waals surface area contributed by atoms with E-state index < -0.39 is 10.0 Å². The van der Waals surface area contributed by atoms with Crippen LogP contribution in [0.25, 0.3) is 0 Å². The van der Waals surface area contributed by atoms with Gasteiger partial charge in [-0.3, -0.25) is 0 Å². The van der Waals surface area contributed by atoms with Crippen LogP contribution in [0.4, 0.5) is 5.69 Å². The number of benzene rings is 1. The molecular weight excluding hydrogens is 304 g/mol. The maximum absolute atomic E-state index is 12.3. The van der Waals surface area contributed by atoms with Crippen LogP contribution in [-0.2, 0) is 10.0 Å². The molecule has 0 saturated heterocycles. The van der Waals surface area contributed by atoms with E-state index in [2.05, 4.69) is 23.0 Å². The van der Waals surface area contributed by atoms with Crippen LogP contribution in [0.1, 0.15) is 31.2 Å². The van der Waals surface area contributed by atoms with E-state index in [1.165, 1.54) is 4.88 Å². The second-order valence-corrected chi connectivity index (χ2v) is 7.33. The van der Waals surface area contributed by atoms with Crippen molar-refractivity contribution in [2.24, 2.45) is 0 Å². The van der Waals surface area contributed by atoms with Gasteiger partial charge in [-0.15, -0.1) is 11.3 Å². The highest BCUT2D eigenvalue weighted by molar-refractivity contribution is 7.89. The third-order valence-electron chi connectivity index (χ3n) is 3.14. The zero-order valence-electron chi connectivity index (χ0n) is 12.2. The molecule has 0 aliphatic carbocycles. The van der Waals surface area contributed by atoms with Gasteiger partial charge < -0.3 is 5.32 Å². The van der Waals surface area contributed by atoms with Crippen LogP contribution in [0.15, 0.2) is 46.7 Å². The molecular formula is C15H20N2O2S2. The molecule has 1 aromatic carbocycles. The highest BCUT2D eigenvalue weighted by atomic mass is 32.2. The van der Waals surface area contributed by atoms with E-state index in [9.17, 15) is 8.42 Å². The Morgan fingerprint density at radius 2 is 1.90 bits per heavy atom. The second-order valence-electron chi connectivity index (χ2n) is 4.62. The Morgan fingerprint density at radius 1 is 1.14 bits per heavy atom. The number of sulfonamides is 1. The molecule has 6 heteroatoms. The van der Waals surface area contributed by atoms with Crippen LogP contribution in [-0.4, -0.2) is 15.0 Å². The summed E-state index contributed by atoms with van der Waals surface area (Å²) >= 11 is 1.67. The number of para-hydroxylation sites is 1. The minimum Gasteiger partial charge on any atom is -0.376 e. The quantitative estimate of drug-likeness (QED) is 0.818. The van der Waals surface area contributed by atoms with Crippen molar-refractivity contribution < 1.29 is 8.42 Å². The van der Waals surface area contributed by atoms with Gasteiger partial charge in [-0.25, -0.2) is 13.1 Å². The van der Waals surface area contributed by atoms with Crippen molar-refractivity contribution in [1.82, 2.24) is 4.72 Å². The molecule has 1 atom stereocenters. The Morgan fingerprint density at radius 3 is 2.52 bits per heavy atom. The van der Waals surface area contributed by atoms with Gasteiger partial charge in [0.1, 0.15) is 4.90 Å². The van der Waals surface area contributed by atoms with Crippen molar-refractivity contribution in [2.75, 3.05) is 11.9 Å². The molecule has 1 aromatic heterocycles. The highest BCUT2D eigenvalue weighted by Crippen LogP contribution is 2.29. The predicted octanol–water partition coefficient (Wildman–Crippen LogP) is 3.61. The minimum absolute atomic E-state index is 0.114. The first kappa shape index (κ1) is 16.0. The van der Waals surface area contributed by atoms with Gasteiger partial charge in [0.2, 0.25) is 10.0 Å². The molecule has 2 aromatic rings. The number of thiophene rings is 1. The normalized spacial score (nSPS) is 13.0. The van der Waals surface area contributed by atoms with Crippen LogP contribution < -0.4 is 10.0 Å². The Labute approximate surface area is 130 Å². The van der Waals surface area contributed by atoms with Crippen molar-refractivity contribution in [1.29, 1.82) is 0 Å². The van der Waals surface area contributed by atoms with E-state index in [-0.39, 0.29) is 6.04 Å². The molecule has 2 rings (SSSR count). The van der Waals surface area contributed by atoms with Crippen molar-refractivity contribution in [3.63, 3.8) is 0 Å². The van der Waals surface area contributed by atoms with Gasteiger partial charge in [0.25, 0.3) is 0 Å². The molecule has 0 radical (unpaired) electrons. The highest BCUT2D eigenvalue weighted by Gasteiger charge is 2.19. The van der Waals surface area contributed by atoms with Gasteiger partial charge in [0.05, 0.1) is 11.7 Å². The molecule has 0 fully saturated rings. The summed E-state index contributed by atoms with van der Waals surface area (Å²) in [6, 6.07) is 11.2. The molecule has 4 nitrogen and oxygen atoms in total. The summed E-state index contributed by atoms with van der Waals surface area (Å²) in [5.74, 6) is 0. The van der Waals surface area contributed by atoms with Crippen molar-refractivity contribution in [2.45, 2.75) is 31.2 Å². The van der Waals surface area contributed by atoms with Crippen LogP contribution in [0.3, 0.4) is 0 Å². The van der Waals surface area contributed by atoms with E-state index in [4.69, 9.17) is 0 Å². The average molecular weight is 324 g/mol. The first-order valence-corrected chi connectivity index (χ1v) is 9.33. The van der Waals surface area contributed by atoms with Crippen molar-refractivity contribution >= 4 is 27.0 Å². The molecule has 0 amide bonds. The van der Waals surface area contributed by atoms with Gasteiger partial charge in [-0.1, -0.05) is 32.0 Å². The first-order chi connectivity index (χ1) is 10.1. The van der Waals surface area contributed by atoms with E-state index >= 15 is 0 Å². The molecule has 21 heavy (non-hydrogen) atoms. The number of hydrogen-bond acceptors (Lipinski definition) is 4. The summed E-state index contributed by atoms with van der Waals surface area (Å²) < 4.78 is 27.1. The van der Waals surface area contributed by atoms with Crippen LogP contribution in [0, 0.1) is 0 Å². The molecule has 0 aliphatic rings. The molecule has 0 aliphatic heterocycles. The summed E-state index contributed by atoms with van der Waals surface area (Å²) in [7, 11) is -3.47. The Kier molecular flexibility index (Phi) is 5.39. The van der Waals surface area contributed by atoms with E-state index in [1.54, 1.807) is 36.5 Å². The third kappa shape index (κ3) is 3.84. The maximum atomic E-state index is 12.3. The van der Waals surface area contributed by atoms with Crippen LogP contribution in [0.5, 0.6) is 0 Å². The fourth-order valence-electron chi connectivity index (χ4n) is 2.14. The fraction of sp³-hybridized carbons (Fsp3) is 0.333. The molecule has 114 valence electrons. The zero-order chi connectivity index (χ0) is 15.3. The summed E-state index contributed by atoms with van der Waals surface area (Å²) in [4.78, 5) is 1.50. The van der Waals surface area contributed by atoms with Gasteiger partial charge in [0, 0.05) is 11.4 Å². The van der Waals surface area contributed by atoms with Gasteiger partial charge >= 0.3 is 0 Å². The Balaban J connectivity index is 2.32. The fourth-order valence-corrected chi connectivity index (χ4v) is 4.21. The summed E-state index contributed by atoms with van der Waals surface area (Å²) in [5.41, 5.74) is 0.638. The molecule has 0 spiro atoms. The number of rotatable bonds is 7. The standard InChI is InChI=1S/C15H20N2O2S2/c1-3-12(14-9-7-11-20-14)17-13-8-5-6-10-15(13)21(18,19)16-4-2/h5-12,16-17H,3-4H2,1-2H3. The molecule has 1 unspecified atom stereocenters. The smallest absolute Gasteiger partial charge is 0.242 e. The van der Waals surface area contributed by atoms with E-state index in [0.29, 0.717) is 17.1 Å². The molecule has 0 saturated carbocycles. The monoisotopic (exact) mass is 324 g/mol. The van der Waals surface area contributed by atoms with Crippen LogP contribution in [0.2, 0.25) is 0 Å². The lowest BCUT2D eigenvalue weighted by atomic mass is 10.1. The molecule has 0 bridgehead atoms. The average Bonchev–Trinajstić information content (AvgIpc) is 2.99.